The average Bonchev–Trinajstić information content (AvgIpc) is 3.27. The van der Waals surface area contributed by atoms with Crippen molar-refractivity contribution in [2.24, 2.45) is 0 Å². The highest BCUT2D eigenvalue weighted by Crippen LogP contribution is 2.20. The van der Waals surface area contributed by atoms with Crippen molar-refractivity contribution in [2.45, 2.75) is 19.8 Å². The molecule has 1 saturated heterocycles. The van der Waals surface area contributed by atoms with Gasteiger partial charge in [0.05, 0.1) is 5.56 Å². The molecule has 0 radical (unpaired) electrons. The number of nitrogens with zero attached hydrogens (tertiary/aromatic N) is 4. The Morgan fingerprint density at radius 2 is 1.74 bits per heavy atom. The zero-order chi connectivity index (χ0) is 21.8. The molecule has 1 aliphatic rings. The van der Waals surface area contributed by atoms with E-state index in [0.717, 1.165) is 18.8 Å². The number of amides is 1. The van der Waals surface area contributed by atoms with E-state index in [9.17, 15) is 14.0 Å². The van der Waals surface area contributed by atoms with Crippen molar-refractivity contribution in [3.63, 3.8) is 0 Å². The minimum absolute atomic E-state index is 0.0252. The van der Waals surface area contributed by atoms with Crippen LogP contribution in [0.2, 0.25) is 0 Å². The third-order valence-electron chi connectivity index (χ3n) is 5.41. The van der Waals surface area contributed by atoms with Crippen LogP contribution in [0.1, 0.15) is 29.6 Å². The van der Waals surface area contributed by atoms with Crippen LogP contribution in [0.4, 0.5) is 10.1 Å². The molecule has 1 aliphatic heterocycles. The Kier molecular flexibility index (Phi) is 6.06. The lowest BCUT2D eigenvalue weighted by Gasteiger charge is -2.36. The van der Waals surface area contributed by atoms with Crippen LogP contribution in [0, 0.1) is 5.82 Å². The number of halogens is 1. The molecule has 1 aromatic heterocycles. The van der Waals surface area contributed by atoms with Gasteiger partial charge in [-0.3, -0.25) is 9.59 Å². The minimum atomic E-state index is -0.417. The number of carbonyl (C=O) groups is 2. The van der Waals surface area contributed by atoms with Crippen molar-refractivity contribution < 1.29 is 18.5 Å². The van der Waals surface area contributed by atoms with E-state index >= 15 is 0 Å². The summed E-state index contributed by atoms with van der Waals surface area (Å²) in [4.78, 5) is 32.2. The molecule has 160 valence electrons. The molecule has 3 aromatic rings. The summed E-state index contributed by atoms with van der Waals surface area (Å²) in [5, 5.41) is 3.82. The number of aryl methyl sites for hydroxylation is 1. The maximum Gasteiger partial charge on any atom is 0.227 e. The number of hydrogen-bond donors (Lipinski definition) is 0. The highest BCUT2D eigenvalue weighted by molar-refractivity contribution is 5.94. The standard InChI is InChI=1S/C23H23FN4O3/c1-16(29)17-6-8-18(9-7-17)27-12-14-28(15-13-27)22(30)11-10-21-25-23(26-31-21)19-4-2-3-5-20(19)24/h2-9H,10-15H2,1H3. The molecule has 0 aliphatic carbocycles. The van der Waals surface area contributed by atoms with E-state index in [0.29, 0.717) is 31.0 Å². The first-order valence-corrected chi connectivity index (χ1v) is 10.2. The van der Waals surface area contributed by atoms with Crippen LogP contribution >= 0.6 is 0 Å². The quantitative estimate of drug-likeness (QED) is 0.567. The minimum Gasteiger partial charge on any atom is -0.368 e. The molecule has 0 atom stereocenters. The first-order valence-electron chi connectivity index (χ1n) is 10.2. The van der Waals surface area contributed by atoms with E-state index in [1.165, 1.54) is 6.07 Å². The van der Waals surface area contributed by atoms with Crippen LogP contribution in [0.5, 0.6) is 0 Å². The summed E-state index contributed by atoms with van der Waals surface area (Å²) in [5.41, 5.74) is 2.01. The van der Waals surface area contributed by atoms with Gasteiger partial charge in [0.15, 0.2) is 5.78 Å². The number of Topliss-reactive ketones (excluding diaryl/α,β-unsaturated/α-hetero) is 1. The molecule has 1 fully saturated rings. The van der Waals surface area contributed by atoms with E-state index in [2.05, 4.69) is 15.0 Å². The average molecular weight is 422 g/mol. The molecule has 0 bridgehead atoms. The number of ketones is 1. The summed E-state index contributed by atoms with van der Waals surface area (Å²) >= 11 is 0. The number of benzene rings is 2. The fraction of sp³-hybridized carbons (Fsp3) is 0.304. The topological polar surface area (TPSA) is 79.5 Å². The van der Waals surface area contributed by atoms with Crippen LogP contribution in [-0.2, 0) is 11.2 Å². The lowest BCUT2D eigenvalue weighted by Crippen LogP contribution is -2.48. The summed E-state index contributed by atoms with van der Waals surface area (Å²) in [6.07, 6.45) is 0.569. The predicted octanol–water partition coefficient (Wildman–Crippen LogP) is 3.36. The van der Waals surface area contributed by atoms with Gasteiger partial charge < -0.3 is 14.3 Å². The van der Waals surface area contributed by atoms with Gasteiger partial charge in [0.1, 0.15) is 5.82 Å². The first-order chi connectivity index (χ1) is 15.0. The van der Waals surface area contributed by atoms with Crippen molar-refractivity contribution in [3.05, 3.63) is 65.8 Å². The molecule has 0 saturated carbocycles. The second-order valence-electron chi connectivity index (χ2n) is 7.46. The molecule has 2 heterocycles. The number of piperazine rings is 1. The Hall–Kier alpha value is -3.55. The van der Waals surface area contributed by atoms with Gasteiger partial charge in [-0.2, -0.15) is 4.98 Å². The van der Waals surface area contributed by atoms with Crippen molar-refractivity contribution >= 4 is 17.4 Å². The lowest BCUT2D eigenvalue weighted by atomic mass is 10.1. The lowest BCUT2D eigenvalue weighted by molar-refractivity contribution is -0.131. The van der Waals surface area contributed by atoms with Gasteiger partial charge in [-0.25, -0.2) is 4.39 Å². The highest BCUT2D eigenvalue weighted by atomic mass is 19.1. The van der Waals surface area contributed by atoms with Gasteiger partial charge in [-0.15, -0.1) is 0 Å². The molecular formula is C23H23FN4O3. The molecule has 1 amide bonds. The zero-order valence-corrected chi connectivity index (χ0v) is 17.3. The predicted molar refractivity (Wildman–Crippen MR) is 113 cm³/mol. The fourth-order valence-corrected chi connectivity index (χ4v) is 3.60. The largest absolute Gasteiger partial charge is 0.368 e. The third kappa shape index (κ3) is 4.79. The number of rotatable bonds is 6. The first kappa shape index (κ1) is 20.7. The Morgan fingerprint density at radius 3 is 2.42 bits per heavy atom. The van der Waals surface area contributed by atoms with E-state index in [1.54, 1.807) is 25.1 Å². The molecule has 0 N–H and O–H groups in total. The Bertz CT molecular complexity index is 1070. The summed E-state index contributed by atoms with van der Waals surface area (Å²) in [5.74, 6) is 0.155. The molecule has 31 heavy (non-hydrogen) atoms. The molecule has 0 spiro atoms. The van der Waals surface area contributed by atoms with Crippen LogP contribution in [-0.4, -0.2) is 52.9 Å². The normalized spacial score (nSPS) is 14.0. The summed E-state index contributed by atoms with van der Waals surface area (Å²) < 4.78 is 19.0. The number of hydrogen-bond acceptors (Lipinski definition) is 6. The van der Waals surface area contributed by atoms with Gasteiger partial charge in [0.25, 0.3) is 0 Å². The van der Waals surface area contributed by atoms with Crippen molar-refractivity contribution in [2.75, 3.05) is 31.1 Å². The molecule has 2 aromatic carbocycles. The van der Waals surface area contributed by atoms with Crippen molar-refractivity contribution in [1.82, 2.24) is 15.0 Å². The monoisotopic (exact) mass is 422 g/mol. The second-order valence-corrected chi connectivity index (χ2v) is 7.46. The SMILES string of the molecule is CC(=O)c1ccc(N2CCN(C(=O)CCc3nc(-c4ccccc4F)no3)CC2)cc1. The van der Waals surface area contributed by atoms with Gasteiger partial charge in [-0.1, -0.05) is 17.3 Å². The van der Waals surface area contributed by atoms with E-state index in [4.69, 9.17) is 4.52 Å². The second kappa shape index (κ2) is 9.07. The molecule has 8 heteroatoms. The summed E-state index contributed by atoms with van der Waals surface area (Å²) in [6, 6.07) is 13.8. The highest BCUT2D eigenvalue weighted by Gasteiger charge is 2.22. The number of anilines is 1. The van der Waals surface area contributed by atoms with Gasteiger partial charge in [0.2, 0.25) is 17.6 Å². The van der Waals surface area contributed by atoms with Crippen LogP contribution in [0.15, 0.2) is 53.1 Å². The maximum absolute atomic E-state index is 13.8. The van der Waals surface area contributed by atoms with E-state index in [1.807, 2.05) is 29.2 Å². The maximum atomic E-state index is 13.8. The van der Waals surface area contributed by atoms with Crippen LogP contribution in [0.3, 0.4) is 0 Å². The van der Waals surface area contributed by atoms with Crippen molar-refractivity contribution in [1.29, 1.82) is 0 Å². The molecular weight excluding hydrogens is 399 g/mol. The summed E-state index contributed by atoms with van der Waals surface area (Å²) in [6.45, 7) is 4.25. The molecule has 7 nitrogen and oxygen atoms in total. The smallest absolute Gasteiger partial charge is 0.227 e. The summed E-state index contributed by atoms with van der Waals surface area (Å²) in [7, 11) is 0. The van der Waals surface area contributed by atoms with Crippen molar-refractivity contribution in [3.8, 4) is 11.4 Å². The third-order valence-corrected chi connectivity index (χ3v) is 5.41. The zero-order valence-electron chi connectivity index (χ0n) is 17.3. The van der Waals surface area contributed by atoms with Crippen LogP contribution in [0.25, 0.3) is 11.4 Å². The number of carbonyl (C=O) groups excluding carboxylic acids is 2. The van der Waals surface area contributed by atoms with Crippen LogP contribution < -0.4 is 4.90 Å². The van der Waals surface area contributed by atoms with Gasteiger partial charge in [-0.05, 0) is 43.3 Å². The Balaban J connectivity index is 1.28. The Labute approximate surface area is 179 Å². The fourth-order valence-electron chi connectivity index (χ4n) is 3.60. The Morgan fingerprint density at radius 1 is 1.03 bits per heavy atom. The van der Waals surface area contributed by atoms with Gasteiger partial charge >= 0.3 is 0 Å². The van der Waals surface area contributed by atoms with Gasteiger partial charge in [0, 0.05) is 50.3 Å². The van der Waals surface area contributed by atoms with E-state index in [-0.39, 0.29) is 29.5 Å². The van der Waals surface area contributed by atoms with E-state index < -0.39 is 5.82 Å². The number of aromatic nitrogens is 2. The molecule has 0 unspecified atom stereocenters. The molecule has 4 rings (SSSR count).